The number of carboxylic acids is 1. The number of rotatable bonds is 5. The number of piperidine rings is 1. The predicted octanol–water partition coefficient (Wildman–Crippen LogP) is 1.05. The van der Waals surface area contributed by atoms with E-state index < -0.39 is 36.0 Å². The van der Waals surface area contributed by atoms with Crippen molar-refractivity contribution < 1.29 is 34.1 Å². The lowest BCUT2D eigenvalue weighted by Crippen LogP contribution is -2.73. The number of hydrogen-bond acceptors (Lipinski definition) is 5. The fourth-order valence-electron chi connectivity index (χ4n) is 4.38. The molecule has 0 aliphatic carbocycles. The topological polar surface area (TPSA) is 124 Å². The van der Waals surface area contributed by atoms with Crippen LogP contribution in [0.25, 0.3) is 0 Å². The third kappa shape index (κ3) is 2.70. The lowest BCUT2D eigenvalue weighted by Gasteiger charge is -2.52. The minimum Gasteiger partial charge on any atom is -0.477 e. The first-order valence-electron chi connectivity index (χ1n) is 8.88. The van der Waals surface area contributed by atoms with Crippen molar-refractivity contribution in [2.75, 3.05) is 6.54 Å². The molecule has 0 bridgehead atoms. The van der Waals surface area contributed by atoms with E-state index in [2.05, 4.69) is 0 Å². The van der Waals surface area contributed by atoms with Crippen molar-refractivity contribution in [2.24, 2.45) is 5.92 Å². The Morgan fingerprint density at radius 2 is 1.86 bits per heavy atom. The lowest BCUT2D eigenvalue weighted by molar-refractivity contribution is -0.161. The van der Waals surface area contributed by atoms with Crippen LogP contribution >= 0.6 is 0 Å². The highest BCUT2D eigenvalue weighted by Gasteiger charge is 2.64. The summed E-state index contributed by atoms with van der Waals surface area (Å²) in [7, 11) is 0. The molecule has 0 radical (unpaired) electrons. The second-order valence-corrected chi connectivity index (χ2v) is 7.02. The number of ether oxygens (including phenoxy) is 1. The van der Waals surface area contributed by atoms with Crippen LogP contribution in [0.1, 0.15) is 18.4 Å². The van der Waals surface area contributed by atoms with Gasteiger partial charge < -0.3 is 14.9 Å². The first-order chi connectivity index (χ1) is 13.4. The van der Waals surface area contributed by atoms with Gasteiger partial charge in [-0.15, -0.1) is 0 Å². The van der Waals surface area contributed by atoms with E-state index in [0.717, 1.165) is 15.4 Å². The van der Waals surface area contributed by atoms with Crippen LogP contribution in [0.15, 0.2) is 41.6 Å². The maximum absolute atomic E-state index is 12.4. The highest BCUT2D eigenvalue weighted by atomic mass is 16.5. The van der Waals surface area contributed by atoms with Gasteiger partial charge in [-0.05, 0) is 17.6 Å². The summed E-state index contributed by atoms with van der Waals surface area (Å²) in [5.41, 5.74) is 0.945. The molecule has 4 rings (SSSR count). The first-order valence-corrected chi connectivity index (χ1v) is 8.88. The van der Waals surface area contributed by atoms with E-state index in [1.54, 1.807) is 0 Å². The van der Waals surface area contributed by atoms with Gasteiger partial charge in [-0.3, -0.25) is 19.4 Å². The van der Waals surface area contributed by atoms with Crippen molar-refractivity contribution in [3.8, 4) is 0 Å². The second-order valence-electron chi connectivity index (χ2n) is 7.02. The van der Waals surface area contributed by atoms with Crippen LogP contribution in [-0.4, -0.2) is 62.6 Å². The van der Waals surface area contributed by atoms with Crippen LogP contribution in [0, 0.1) is 5.92 Å². The van der Waals surface area contributed by atoms with Crippen LogP contribution in [0.5, 0.6) is 0 Å². The summed E-state index contributed by atoms with van der Waals surface area (Å²) in [6, 6.07) is 7.65. The van der Waals surface area contributed by atoms with Crippen molar-refractivity contribution in [1.82, 2.24) is 9.80 Å². The van der Waals surface area contributed by atoms with Crippen LogP contribution < -0.4 is 0 Å². The molecule has 2 saturated heterocycles. The molecule has 3 atom stereocenters. The number of β-lactam (4-membered cyclic amide) rings is 1. The SMILES string of the molecule is O=C(CC1=C(C(=O)O)N2C(=O)[C@@H]3[C@H]2C1CCN3C(=O)O)OCc1ccccc1. The number of amides is 2. The third-order valence-electron chi connectivity index (χ3n) is 5.56. The molecule has 0 spiro atoms. The monoisotopic (exact) mass is 386 g/mol. The maximum Gasteiger partial charge on any atom is 0.408 e. The Morgan fingerprint density at radius 3 is 2.50 bits per heavy atom. The molecule has 146 valence electrons. The average Bonchev–Trinajstić information content (AvgIpc) is 2.99. The Bertz CT molecular complexity index is 895. The van der Waals surface area contributed by atoms with Gasteiger partial charge in [-0.25, -0.2) is 9.59 Å². The minimum absolute atomic E-state index is 0.0709. The highest BCUT2D eigenvalue weighted by molar-refractivity contribution is 6.03. The Kier molecular flexibility index (Phi) is 4.29. The largest absolute Gasteiger partial charge is 0.477 e. The van der Waals surface area contributed by atoms with Crippen LogP contribution in [0.4, 0.5) is 4.79 Å². The summed E-state index contributed by atoms with van der Waals surface area (Å²) >= 11 is 0. The molecular weight excluding hydrogens is 368 g/mol. The highest BCUT2D eigenvalue weighted by Crippen LogP contribution is 2.49. The Hall–Kier alpha value is -3.36. The second kappa shape index (κ2) is 6.66. The third-order valence-corrected chi connectivity index (χ3v) is 5.56. The lowest BCUT2D eigenvalue weighted by atomic mass is 9.77. The van der Waals surface area contributed by atoms with E-state index in [0.29, 0.717) is 12.0 Å². The maximum atomic E-state index is 12.4. The number of carbonyl (C=O) groups excluding carboxylic acids is 2. The van der Waals surface area contributed by atoms with Gasteiger partial charge in [0.25, 0.3) is 5.91 Å². The van der Waals surface area contributed by atoms with E-state index >= 15 is 0 Å². The van der Waals surface area contributed by atoms with Gasteiger partial charge in [-0.1, -0.05) is 30.3 Å². The number of likely N-dealkylation sites (tertiary alicyclic amines) is 1. The fourth-order valence-corrected chi connectivity index (χ4v) is 4.38. The Labute approximate surface area is 159 Å². The van der Waals surface area contributed by atoms with Gasteiger partial charge in [0.15, 0.2) is 0 Å². The summed E-state index contributed by atoms with van der Waals surface area (Å²) in [6.07, 6.45) is -1.09. The molecule has 3 heterocycles. The number of nitrogens with zero attached hydrogens (tertiary/aromatic N) is 2. The molecule has 1 unspecified atom stereocenters. The van der Waals surface area contributed by atoms with Crippen molar-refractivity contribution >= 4 is 23.9 Å². The van der Waals surface area contributed by atoms with Gasteiger partial charge in [0.2, 0.25) is 0 Å². The van der Waals surface area contributed by atoms with Gasteiger partial charge in [-0.2, -0.15) is 0 Å². The van der Waals surface area contributed by atoms with E-state index in [4.69, 9.17) is 4.74 Å². The number of esters is 1. The van der Waals surface area contributed by atoms with Gasteiger partial charge in [0, 0.05) is 12.5 Å². The standard InChI is InChI=1S/C19H18N2O7/c22-13(28-9-10-4-2-1-3-5-10)8-12-11-6-7-20(19(26)27)16-14(11)21(17(16)23)15(12)18(24)25/h1-5,11,14,16H,6-9H2,(H,24,25)(H,26,27)/t11?,14-,16+/m1/s1. The minimum atomic E-state index is -1.30. The quantitative estimate of drug-likeness (QED) is 0.572. The molecule has 2 N–H and O–H groups in total. The molecular formula is C19H18N2O7. The zero-order valence-corrected chi connectivity index (χ0v) is 14.8. The van der Waals surface area contributed by atoms with Crippen molar-refractivity contribution in [3.05, 3.63) is 47.2 Å². The van der Waals surface area contributed by atoms with Gasteiger partial charge >= 0.3 is 18.0 Å². The molecule has 9 nitrogen and oxygen atoms in total. The first kappa shape index (κ1) is 18.0. The Balaban J connectivity index is 1.53. The number of benzene rings is 1. The van der Waals surface area contributed by atoms with Crippen molar-refractivity contribution in [2.45, 2.75) is 31.5 Å². The average molecular weight is 386 g/mol. The van der Waals surface area contributed by atoms with E-state index in [1.165, 1.54) is 0 Å². The Morgan fingerprint density at radius 1 is 1.14 bits per heavy atom. The molecule has 2 fully saturated rings. The molecule has 1 aromatic carbocycles. The van der Waals surface area contributed by atoms with Gasteiger partial charge in [0.05, 0.1) is 12.5 Å². The molecule has 1 aromatic rings. The number of carbonyl (C=O) groups is 4. The molecule has 3 aliphatic rings. The summed E-state index contributed by atoms with van der Waals surface area (Å²) in [5, 5.41) is 18.9. The zero-order valence-electron chi connectivity index (χ0n) is 14.8. The molecule has 0 aromatic heterocycles. The van der Waals surface area contributed by atoms with Crippen molar-refractivity contribution in [1.29, 1.82) is 0 Å². The summed E-state index contributed by atoms with van der Waals surface area (Å²) in [4.78, 5) is 50.1. The van der Waals surface area contributed by atoms with Crippen LogP contribution in [0.3, 0.4) is 0 Å². The summed E-state index contributed by atoms with van der Waals surface area (Å²) in [5.74, 6) is -2.78. The normalized spacial score (nSPS) is 25.3. The fraction of sp³-hybridized carbons (Fsp3) is 0.368. The number of hydrogen-bond donors (Lipinski definition) is 2. The van der Waals surface area contributed by atoms with E-state index in [9.17, 15) is 29.4 Å². The smallest absolute Gasteiger partial charge is 0.408 e. The van der Waals surface area contributed by atoms with Crippen LogP contribution in [-0.2, 0) is 25.7 Å². The molecule has 3 aliphatic heterocycles. The summed E-state index contributed by atoms with van der Waals surface area (Å²) in [6.45, 7) is 0.192. The van der Waals surface area contributed by atoms with E-state index in [-0.39, 0.29) is 31.2 Å². The van der Waals surface area contributed by atoms with E-state index in [1.807, 2.05) is 30.3 Å². The number of aliphatic carboxylic acids is 1. The van der Waals surface area contributed by atoms with Crippen molar-refractivity contribution in [3.63, 3.8) is 0 Å². The zero-order chi connectivity index (χ0) is 20.0. The predicted molar refractivity (Wildman–Crippen MR) is 92.8 cm³/mol. The summed E-state index contributed by atoms with van der Waals surface area (Å²) < 4.78 is 5.26. The molecule has 2 amide bonds. The number of carboxylic acid groups (broad SMARTS) is 2. The molecule has 9 heteroatoms. The molecule has 0 saturated carbocycles. The van der Waals surface area contributed by atoms with Crippen LogP contribution in [0.2, 0.25) is 0 Å². The van der Waals surface area contributed by atoms with Gasteiger partial charge in [0.1, 0.15) is 18.3 Å². The molecule has 28 heavy (non-hydrogen) atoms.